The fourth-order valence-corrected chi connectivity index (χ4v) is 3.71. The van der Waals surface area contributed by atoms with Crippen molar-refractivity contribution in [2.75, 3.05) is 13.2 Å². The van der Waals surface area contributed by atoms with Crippen molar-refractivity contribution < 1.29 is 14.1 Å². The molecule has 164 valence electrons. The van der Waals surface area contributed by atoms with Gasteiger partial charge in [-0.05, 0) is 49.2 Å². The number of aromatic nitrogens is 5. The third-order valence-electron chi connectivity index (χ3n) is 5.21. The first-order chi connectivity index (χ1) is 15.6. The molecule has 1 saturated heterocycles. The summed E-state index contributed by atoms with van der Waals surface area (Å²) in [5, 5.41) is 11.7. The van der Waals surface area contributed by atoms with E-state index in [1.54, 1.807) is 42.6 Å². The van der Waals surface area contributed by atoms with Gasteiger partial charge in [-0.25, -0.2) is 13.9 Å². The van der Waals surface area contributed by atoms with Gasteiger partial charge in [0, 0.05) is 29.9 Å². The Morgan fingerprint density at radius 2 is 2.09 bits per heavy atom. The minimum Gasteiger partial charge on any atom is -0.376 e. The average Bonchev–Trinajstić information content (AvgIpc) is 3.55. The Kier molecular flexibility index (Phi) is 5.46. The lowest BCUT2D eigenvalue weighted by Crippen LogP contribution is -2.36. The number of fused-ring (bicyclic) bond motifs is 1. The van der Waals surface area contributed by atoms with Crippen LogP contribution in [0, 0.1) is 0 Å². The number of halogens is 1. The maximum atomic E-state index is 12.7. The van der Waals surface area contributed by atoms with E-state index < -0.39 is 5.69 Å². The number of amides is 1. The molecule has 4 aromatic rings. The third kappa shape index (κ3) is 4.02. The van der Waals surface area contributed by atoms with Crippen LogP contribution in [0.2, 0.25) is 5.02 Å². The average molecular weight is 455 g/mol. The van der Waals surface area contributed by atoms with E-state index in [0.717, 1.165) is 23.1 Å². The Morgan fingerprint density at radius 3 is 2.88 bits per heavy atom. The molecule has 1 atom stereocenters. The molecule has 0 saturated carbocycles. The van der Waals surface area contributed by atoms with Crippen molar-refractivity contribution in [1.29, 1.82) is 0 Å². The second kappa shape index (κ2) is 8.56. The molecule has 4 heterocycles. The molecule has 0 unspecified atom stereocenters. The molecule has 32 heavy (non-hydrogen) atoms. The van der Waals surface area contributed by atoms with E-state index in [4.69, 9.17) is 20.9 Å². The highest BCUT2D eigenvalue weighted by Gasteiger charge is 2.20. The fourth-order valence-electron chi connectivity index (χ4n) is 3.58. The molecular weight excluding hydrogens is 436 g/mol. The maximum absolute atomic E-state index is 12.7. The zero-order chi connectivity index (χ0) is 22.1. The normalized spacial score (nSPS) is 16.0. The number of pyridine rings is 1. The molecule has 1 aliphatic rings. The van der Waals surface area contributed by atoms with Crippen LogP contribution < -0.4 is 11.0 Å². The molecule has 1 aliphatic heterocycles. The van der Waals surface area contributed by atoms with Crippen molar-refractivity contribution in [1.82, 2.24) is 29.6 Å². The summed E-state index contributed by atoms with van der Waals surface area (Å²) in [5.74, 6) is 0.282. The zero-order valence-corrected chi connectivity index (χ0v) is 17.7. The van der Waals surface area contributed by atoms with Crippen molar-refractivity contribution >= 4 is 23.2 Å². The van der Waals surface area contributed by atoms with Gasteiger partial charge in [-0.1, -0.05) is 16.8 Å². The lowest BCUT2D eigenvalue weighted by atomic mass is 10.2. The highest BCUT2D eigenvalue weighted by atomic mass is 35.5. The summed E-state index contributed by atoms with van der Waals surface area (Å²) < 4.78 is 13.4. The summed E-state index contributed by atoms with van der Waals surface area (Å²) in [5.41, 5.74) is 1.10. The molecule has 0 spiro atoms. The number of carbonyl (C=O) groups excluding carboxylic acids is 1. The van der Waals surface area contributed by atoms with Gasteiger partial charge in [0.05, 0.1) is 11.7 Å². The van der Waals surface area contributed by atoms with E-state index in [1.807, 2.05) is 0 Å². The zero-order valence-electron chi connectivity index (χ0n) is 16.9. The maximum Gasteiger partial charge on any atom is 0.350 e. The minimum absolute atomic E-state index is 0.0238. The van der Waals surface area contributed by atoms with Crippen LogP contribution in [0.3, 0.4) is 0 Å². The number of nitrogens with zero attached hydrogens (tertiary/aromatic N) is 5. The van der Waals surface area contributed by atoms with E-state index >= 15 is 0 Å². The van der Waals surface area contributed by atoms with Crippen LogP contribution in [-0.2, 0) is 16.1 Å². The van der Waals surface area contributed by atoms with E-state index in [9.17, 15) is 9.59 Å². The Balaban J connectivity index is 1.40. The number of hydrogen-bond donors (Lipinski definition) is 1. The molecule has 1 amide bonds. The first kappa shape index (κ1) is 20.4. The van der Waals surface area contributed by atoms with Gasteiger partial charge in [-0.2, -0.15) is 4.98 Å². The SMILES string of the molecule is O=C(Cn1nc2c(-c3nc(-c4ccc(Cl)cc4)no3)cccn2c1=O)NC[C@@H]1CCCO1. The van der Waals surface area contributed by atoms with E-state index in [2.05, 4.69) is 20.6 Å². The van der Waals surface area contributed by atoms with Crippen molar-refractivity contribution in [3.05, 3.63) is 58.1 Å². The smallest absolute Gasteiger partial charge is 0.350 e. The predicted octanol–water partition coefficient (Wildman–Crippen LogP) is 2.16. The predicted molar refractivity (Wildman–Crippen MR) is 115 cm³/mol. The number of benzene rings is 1. The monoisotopic (exact) mass is 454 g/mol. The molecule has 1 aromatic carbocycles. The van der Waals surface area contributed by atoms with Gasteiger partial charge in [0.25, 0.3) is 5.89 Å². The molecule has 11 heteroatoms. The summed E-state index contributed by atoms with van der Waals surface area (Å²) in [6.45, 7) is 0.929. The Bertz CT molecular complexity index is 1320. The molecular formula is C21H19ClN6O4. The van der Waals surface area contributed by atoms with Gasteiger partial charge in [-0.3, -0.25) is 4.79 Å². The molecule has 0 bridgehead atoms. The lowest BCUT2D eigenvalue weighted by Gasteiger charge is -2.10. The Labute approximate surface area is 186 Å². The van der Waals surface area contributed by atoms with E-state index in [0.29, 0.717) is 35.2 Å². The number of carbonyl (C=O) groups is 1. The second-order valence-corrected chi connectivity index (χ2v) is 7.86. The van der Waals surface area contributed by atoms with Crippen LogP contribution in [-0.4, -0.2) is 49.5 Å². The van der Waals surface area contributed by atoms with Gasteiger partial charge < -0.3 is 14.6 Å². The lowest BCUT2D eigenvalue weighted by molar-refractivity contribution is -0.122. The molecule has 5 rings (SSSR count). The quantitative estimate of drug-likeness (QED) is 0.474. The number of ether oxygens (including phenoxy) is 1. The van der Waals surface area contributed by atoms with Crippen molar-refractivity contribution in [3.8, 4) is 22.8 Å². The van der Waals surface area contributed by atoms with Crippen LogP contribution in [0.5, 0.6) is 0 Å². The largest absolute Gasteiger partial charge is 0.376 e. The standard InChI is InChI=1S/C21H19ClN6O4/c22-14-7-5-13(6-8-14)18-24-20(32-26-18)16-4-1-9-27-19(16)25-28(21(27)30)12-17(29)23-11-15-3-2-10-31-15/h1,4-9,15H,2-3,10-12H2,(H,23,29)/t15-/m0/s1. The summed E-state index contributed by atoms with van der Waals surface area (Å²) in [6.07, 6.45) is 3.51. The molecule has 0 aliphatic carbocycles. The van der Waals surface area contributed by atoms with Gasteiger partial charge in [-0.15, -0.1) is 5.10 Å². The van der Waals surface area contributed by atoms with Gasteiger partial charge in [0.15, 0.2) is 5.65 Å². The van der Waals surface area contributed by atoms with Gasteiger partial charge >= 0.3 is 5.69 Å². The molecule has 1 N–H and O–H groups in total. The highest BCUT2D eigenvalue weighted by Crippen LogP contribution is 2.25. The van der Waals surface area contributed by atoms with Crippen LogP contribution in [0.1, 0.15) is 12.8 Å². The Hall–Kier alpha value is -3.50. The fraction of sp³-hybridized carbons (Fsp3) is 0.286. The van der Waals surface area contributed by atoms with Crippen LogP contribution in [0.15, 0.2) is 51.9 Å². The minimum atomic E-state index is -0.438. The van der Waals surface area contributed by atoms with Crippen molar-refractivity contribution in [2.24, 2.45) is 0 Å². The van der Waals surface area contributed by atoms with E-state index in [-0.39, 0.29) is 24.4 Å². The summed E-state index contributed by atoms with van der Waals surface area (Å²) in [6, 6.07) is 10.4. The van der Waals surface area contributed by atoms with Crippen LogP contribution in [0.4, 0.5) is 0 Å². The van der Waals surface area contributed by atoms with Gasteiger partial charge in [0.1, 0.15) is 6.54 Å². The van der Waals surface area contributed by atoms with Crippen molar-refractivity contribution in [2.45, 2.75) is 25.5 Å². The summed E-state index contributed by atoms with van der Waals surface area (Å²) in [4.78, 5) is 29.5. The number of nitrogens with one attached hydrogen (secondary N) is 1. The second-order valence-electron chi connectivity index (χ2n) is 7.42. The molecule has 10 nitrogen and oxygen atoms in total. The van der Waals surface area contributed by atoms with Gasteiger partial charge in [0.2, 0.25) is 11.7 Å². The Morgan fingerprint density at radius 1 is 1.25 bits per heavy atom. The molecule has 0 radical (unpaired) electrons. The summed E-state index contributed by atoms with van der Waals surface area (Å²) >= 11 is 5.93. The van der Waals surface area contributed by atoms with E-state index in [1.165, 1.54) is 4.40 Å². The molecule has 1 fully saturated rings. The third-order valence-corrected chi connectivity index (χ3v) is 5.46. The van der Waals surface area contributed by atoms with Crippen LogP contribution >= 0.6 is 11.6 Å². The molecule has 3 aromatic heterocycles. The number of rotatable bonds is 6. The summed E-state index contributed by atoms with van der Waals surface area (Å²) in [7, 11) is 0. The van der Waals surface area contributed by atoms with Crippen molar-refractivity contribution in [3.63, 3.8) is 0 Å². The van der Waals surface area contributed by atoms with Crippen LogP contribution in [0.25, 0.3) is 28.5 Å². The number of hydrogen-bond acceptors (Lipinski definition) is 7. The highest BCUT2D eigenvalue weighted by molar-refractivity contribution is 6.30. The first-order valence-electron chi connectivity index (χ1n) is 10.1. The first-order valence-corrected chi connectivity index (χ1v) is 10.5. The topological polar surface area (TPSA) is 117 Å².